The summed E-state index contributed by atoms with van der Waals surface area (Å²) in [5.41, 5.74) is 0.989. The minimum absolute atomic E-state index is 0.0376. The van der Waals surface area contributed by atoms with Gasteiger partial charge in [-0.15, -0.1) is 0 Å². The van der Waals surface area contributed by atoms with Crippen molar-refractivity contribution in [2.45, 2.75) is 13.3 Å². The number of esters is 1. The van der Waals surface area contributed by atoms with Crippen LogP contribution in [-0.4, -0.2) is 30.1 Å². The van der Waals surface area contributed by atoms with Crippen molar-refractivity contribution < 1.29 is 19.2 Å². The number of benzene rings is 2. The van der Waals surface area contributed by atoms with Crippen LogP contribution in [0.25, 0.3) is 0 Å². The van der Waals surface area contributed by atoms with E-state index in [2.05, 4.69) is 10.6 Å². The highest BCUT2D eigenvalue weighted by Gasteiger charge is 2.21. The minimum atomic E-state index is -0.585. The number of ether oxygens (including phenoxy) is 1. The summed E-state index contributed by atoms with van der Waals surface area (Å²) in [5, 5.41) is 15.9. The normalized spacial score (nSPS) is 11.4. The van der Waals surface area contributed by atoms with E-state index in [0.717, 1.165) is 11.6 Å². The number of nitro benzene ring substituents is 1. The van der Waals surface area contributed by atoms with Gasteiger partial charge in [0.1, 0.15) is 0 Å². The number of carbonyl (C=O) groups is 2. The summed E-state index contributed by atoms with van der Waals surface area (Å²) in [4.78, 5) is 34.5. The lowest BCUT2D eigenvalue weighted by atomic mass is 9.99. The summed E-state index contributed by atoms with van der Waals surface area (Å²) in [6, 6.07) is 12.5. The van der Waals surface area contributed by atoms with Crippen LogP contribution < -0.4 is 10.6 Å². The van der Waals surface area contributed by atoms with Crippen LogP contribution in [-0.2, 0) is 16.0 Å². The van der Waals surface area contributed by atoms with Crippen LogP contribution >= 0.6 is 11.6 Å². The van der Waals surface area contributed by atoms with Gasteiger partial charge in [-0.2, -0.15) is 0 Å². The van der Waals surface area contributed by atoms with E-state index in [0.29, 0.717) is 6.42 Å². The number of hydrogen-bond acceptors (Lipinski definition) is 5. The predicted molar refractivity (Wildman–Crippen MR) is 105 cm³/mol. The van der Waals surface area contributed by atoms with Crippen molar-refractivity contribution in [3.05, 3.63) is 69.2 Å². The third-order valence-corrected chi connectivity index (χ3v) is 4.18. The van der Waals surface area contributed by atoms with E-state index in [1.165, 1.54) is 12.1 Å². The van der Waals surface area contributed by atoms with Crippen molar-refractivity contribution in [2.24, 2.45) is 5.92 Å². The van der Waals surface area contributed by atoms with Crippen LogP contribution in [0.1, 0.15) is 12.5 Å². The number of urea groups is 1. The van der Waals surface area contributed by atoms with Gasteiger partial charge in [0.25, 0.3) is 5.69 Å². The van der Waals surface area contributed by atoms with Gasteiger partial charge in [0, 0.05) is 18.7 Å². The Morgan fingerprint density at radius 3 is 2.54 bits per heavy atom. The quantitative estimate of drug-likeness (QED) is 0.394. The maximum absolute atomic E-state index is 12.2. The molecule has 148 valence electrons. The van der Waals surface area contributed by atoms with Crippen LogP contribution in [0.15, 0.2) is 48.5 Å². The molecule has 0 aliphatic carbocycles. The molecule has 0 saturated carbocycles. The van der Waals surface area contributed by atoms with E-state index in [-0.39, 0.29) is 29.5 Å². The minimum Gasteiger partial charge on any atom is -0.466 e. The van der Waals surface area contributed by atoms with Gasteiger partial charge in [-0.05, 0) is 25.0 Å². The summed E-state index contributed by atoms with van der Waals surface area (Å²) in [5.74, 6) is -0.958. The number of nitrogens with one attached hydrogen (secondary N) is 2. The van der Waals surface area contributed by atoms with E-state index in [1.807, 2.05) is 30.3 Å². The maximum Gasteiger partial charge on any atom is 0.319 e. The van der Waals surface area contributed by atoms with Crippen LogP contribution in [0.3, 0.4) is 0 Å². The summed E-state index contributed by atoms with van der Waals surface area (Å²) in [6.07, 6.45) is 0.415. The van der Waals surface area contributed by atoms with E-state index >= 15 is 0 Å². The third kappa shape index (κ3) is 6.24. The molecule has 2 amide bonds. The molecule has 1 atom stereocenters. The summed E-state index contributed by atoms with van der Waals surface area (Å²) >= 11 is 5.96. The Kier molecular flexibility index (Phi) is 7.76. The monoisotopic (exact) mass is 405 g/mol. The summed E-state index contributed by atoms with van der Waals surface area (Å²) in [6.45, 7) is 2.02. The summed E-state index contributed by atoms with van der Waals surface area (Å²) in [7, 11) is 0. The number of halogens is 1. The average molecular weight is 406 g/mol. The number of rotatable bonds is 8. The zero-order valence-electron chi connectivity index (χ0n) is 15.2. The molecule has 28 heavy (non-hydrogen) atoms. The maximum atomic E-state index is 12.2. The van der Waals surface area contributed by atoms with Gasteiger partial charge in [-0.3, -0.25) is 14.9 Å². The molecule has 0 aromatic heterocycles. The second-order valence-electron chi connectivity index (χ2n) is 5.89. The van der Waals surface area contributed by atoms with Crippen molar-refractivity contribution in [1.29, 1.82) is 0 Å². The molecule has 0 aliphatic heterocycles. The number of nitro groups is 1. The van der Waals surface area contributed by atoms with Crippen molar-refractivity contribution in [2.75, 3.05) is 18.5 Å². The fraction of sp³-hybridized carbons (Fsp3) is 0.263. The molecule has 2 N–H and O–H groups in total. The highest BCUT2D eigenvalue weighted by atomic mass is 35.5. The van der Waals surface area contributed by atoms with E-state index in [4.69, 9.17) is 16.3 Å². The van der Waals surface area contributed by atoms with Gasteiger partial charge in [0.15, 0.2) is 0 Å². The molecule has 2 aromatic carbocycles. The molecule has 1 unspecified atom stereocenters. The van der Waals surface area contributed by atoms with E-state index in [9.17, 15) is 19.7 Å². The number of nitrogens with zero attached hydrogens (tertiary/aromatic N) is 1. The Balaban J connectivity index is 1.98. The summed E-state index contributed by atoms with van der Waals surface area (Å²) < 4.78 is 5.09. The van der Waals surface area contributed by atoms with Crippen molar-refractivity contribution in [1.82, 2.24) is 5.32 Å². The number of amides is 2. The Bertz CT molecular complexity index is 845. The van der Waals surface area contributed by atoms with Gasteiger partial charge < -0.3 is 15.4 Å². The first-order chi connectivity index (χ1) is 13.4. The standard InChI is InChI=1S/C19H20ClN3O5/c1-2-28-18(24)14(10-13-6-4-3-5-7-13)12-21-19(25)22-17-9-8-15(23(26)27)11-16(17)20/h3-9,11,14H,2,10,12H2,1H3,(H2,21,22,25). The fourth-order valence-electron chi connectivity index (χ4n) is 2.50. The zero-order valence-corrected chi connectivity index (χ0v) is 15.9. The van der Waals surface area contributed by atoms with Crippen LogP contribution in [0.4, 0.5) is 16.2 Å². The molecular formula is C19H20ClN3O5. The molecule has 0 spiro atoms. The number of anilines is 1. The molecule has 0 radical (unpaired) electrons. The smallest absolute Gasteiger partial charge is 0.319 e. The molecule has 0 heterocycles. The molecule has 0 fully saturated rings. The van der Waals surface area contributed by atoms with Crippen molar-refractivity contribution >= 4 is 35.0 Å². The first-order valence-electron chi connectivity index (χ1n) is 8.60. The molecule has 2 rings (SSSR count). The third-order valence-electron chi connectivity index (χ3n) is 3.87. The first kappa shape index (κ1) is 21.2. The van der Waals surface area contributed by atoms with Gasteiger partial charge >= 0.3 is 12.0 Å². The predicted octanol–water partition coefficient (Wildman–Crippen LogP) is 3.79. The lowest BCUT2D eigenvalue weighted by molar-refractivity contribution is -0.384. The Labute approximate surface area is 167 Å². The molecule has 9 heteroatoms. The first-order valence-corrected chi connectivity index (χ1v) is 8.97. The molecule has 0 aliphatic rings. The number of hydrogen-bond donors (Lipinski definition) is 2. The second-order valence-corrected chi connectivity index (χ2v) is 6.30. The Morgan fingerprint density at radius 2 is 1.93 bits per heavy atom. The SMILES string of the molecule is CCOC(=O)C(CNC(=O)Nc1ccc([N+](=O)[O-])cc1Cl)Cc1ccccc1. The molecule has 8 nitrogen and oxygen atoms in total. The largest absolute Gasteiger partial charge is 0.466 e. The van der Waals surface area contributed by atoms with Crippen molar-refractivity contribution in [3.63, 3.8) is 0 Å². The lowest BCUT2D eigenvalue weighted by Crippen LogP contribution is -2.37. The van der Waals surface area contributed by atoms with Gasteiger partial charge in [-0.25, -0.2) is 4.79 Å². The topological polar surface area (TPSA) is 111 Å². The Morgan fingerprint density at radius 1 is 1.21 bits per heavy atom. The van der Waals surface area contributed by atoms with Crippen LogP contribution in [0.5, 0.6) is 0 Å². The van der Waals surface area contributed by atoms with E-state index in [1.54, 1.807) is 6.92 Å². The zero-order chi connectivity index (χ0) is 20.5. The van der Waals surface area contributed by atoms with Crippen LogP contribution in [0, 0.1) is 16.0 Å². The second kappa shape index (κ2) is 10.3. The molecule has 0 bridgehead atoms. The van der Waals surface area contributed by atoms with E-state index < -0.39 is 22.8 Å². The molecule has 0 saturated heterocycles. The number of carbonyl (C=O) groups excluding carboxylic acids is 2. The Hall–Kier alpha value is -3.13. The van der Waals surface area contributed by atoms with Gasteiger partial charge in [-0.1, -0.05) is 41.9 Å². The lowest BCUT2D eigenvalue weighted by Gasteiger charge is -2.17. The highest BCUT2D eigenvalue weighted by Crippen LogP contribution is 2.26. The van der Waals surface area contributed by atoms with Gasteiger partial charge in [0.2, 0.25) is 0 Å². The highest BCUT2D eigenvalue weighted by molar-refractivity contribution is 6.33. The van der Waals surface area contributed by atoms with Gasteiger partial charge in [0.05, 0.1) is 28.2 Å². The number of non-ortho nitro benzene ring substituents is 1. The van der Waals surface area contributed by atoms with Crippen LogP contribution in [0.2, 0.25) is 5.02 Å². The van der Waals surface area contributed by atoms with Crippen molar-refractivity contribution in [3.8, 4) is 0 Å². The molecule has 2 aromatic rings. The average Bonchev–Trinajstić information content (AvgIpc) is 2.67. The molecular weight excluding hydrogens is 386 g/mol. The fourth-order valence-corrected chi connectivity index (χ4v) is 2.72.